The minimum atomic E-state index is -0.0955. The highest BCUT2D eigenvalue weighted by atomic mass is 79.9. The molecule has 0 heterocycles. The molecule has 0 amide bonds. The van der Waals surface area contributed by atoms with E-state index in [0.29, 0.717) is 5.92 Å². The van der Waals surface area contributed by atoms with Gasteiger partial charge in [-0.15, -0.1) is 0 Å². The van der Waals surface area contributed by atoms with E-state index in [1.165, 1.54) is 0 Å². The number of nitrogens with two attached hydrogens (primary N) is 1. The summed E-state index contributed by atoms with van der Waals surface area (Å²) in [6.07, 6.45) is 2.88. The molecule has 0 aliphatic heterocycles. The van der Waals surface area contributed by atoms with Crippen LogP contribution in [0.15, 0.2) is 21.1 Å². The zero-order valence-electron chi connectivity index (χ0n) is 10.1. The number of nitrogens with one attached hydrogen (secondary N) is 1. The fourth-order valence-electron chi connectivity index (χ4n) is 2.43. The van der Waals surface area contributed by atoms with Crippen LogP contribution in [0.3, 0.4) is 0 Å². The first kappa shape index (κ1) is 14.3. The van der Waals surface area contributed by atoms with Crippen molar-refractivity contribution >= 4 is 37.5 Å². The van der Waals surface area contributed by atoms with Crippen molar-refractivity contribution in [3.05, 3.63) is 26.6 Å². The van der Waals surface area contributed by atoms with Gasteiger partial charge in [0.15, 0.2) is 0 Å². The summed E-state index contributed by atoms with van der Waals surface area (Å²) in [4.78, 5) is 0. The lowest BCUT2D eigenvalue weighted by atomic mass is 10.1. The minimum absolute atomic E-state index is 0.0955. The lowest BCUT2D eigenvalue weighted by molar-refractivity contribution is 0.177. The van der Waals surface area contributed by atoms with Gasteiger partial charge in [0.05, 0.1) is 11.8 Å². The van der Waals surface area contributed by atoms with E-state index in [1.807, 2.05) is 12.1 Å². The van der Waals surface area contributed by atoms with Gasteiger partial charge in [-0.25, -0.2) is 0 Å². The summed E-state index contributed by atoms with van der Waals surface area (Å²) >= 11 is 6.91. The molecule has 0 aromatic heterocycles. The zero-order valence-corrected chi connectivity index (χ0v) is 13.3. The molecule has 1 aromatic rings. The van der Waals surface area contributed by atoms with Gasteiger partial charge in [0.1, 0.15) is 0 Å². The monoisotopic (exact) mass is 376 g/mol. The van der Waals surface area contributed by atoms with Crippen molar-refractivity contribution in [3.63, 3.8) is 0 Å². The van der Waals surface area contributed by atoms with E-state index in [0.717, 1.165) is 52.5 Å². The fraction of sp³-hybridized carbons (Fsp3) is 0.538. The van der Waals surface area contributed by atoms with E-state index >= 15 is 0 Å². The molecule has 0 spiro atoms. The Balaban J connectivity index is 1.87. The van der Waals surface area contributed by atoms with Gasteiger partial charge in [0.25, 0.3) is 0 Å². The van der Waals surface area contributed by atoms with Crippen LogP contribution in [0, 0.1) is 5.92 Å². The average Bonchev–Trinajstić information content (AvgIpc) is 2.71. The highest BCUT2D eigenvalue weighted by Crippen LogP contribution is 2.28. The average molecular weight is 378 g/mol. The van der Waals surface area contributed by atoms with Crippen molar-refractivity contribution in [2.24, 2.45) is 5.92 Å². The molecule has 2 unspecified atom stereocenters. The number of rotatable bonds is 4. The number of anilines is 1. The first-order chi connectivity index (χ1) is 8.56. The van der Waals surface area contributed by atoms with Crippen LogP contribution in [0.5, 0.6) is 0 Å². The third-order valence-electron chi connectivity index (χ3n) is 3.44. The van der Waals surface area contributed by atoms with E-state index in [1.54, 1.807) is 0 Å². The second-order valence-corrected chi connectivity index (χ2v) is 6.69. The standard InChI is InChI=1S/C13H18Br2N2O/c14-10-4-9(13(16)12(15)5-10)7-17-6-8-1-2-11(18)3-8/h4-5,8,11,17-18H,1-3,6-7,16H2. The summed E-state index contributed by atoms with van der Waals surface area (Å²) in [5, 5.41) is 12.9. The van der Waals surface area contributed by atoms with Gasteiger partial charge in [-0.2, -0.15) is 0 Å². The maximum absolute atomic E-state index is 9.47. The summed E-state index contributed by atoms with van der Waals surface area (Å²) in [7, 11) is 0. The number of aliphatic hydroxyl groups excluding tert-OH is 1. The van der Waals surface area contributed by atoms with E-state index in [4.69, 9.17) is 5.73 Å². The van der Waals surface area contributed by atoms with Gasteiger partial charge in [-0.1, -0.05) is 15.9 Å². The number of hydrogen-bond acceptors (Lipinski definition) is 3. The molecular formula is C13H18Br2N2O. The molecule has 0 radical (unpaired) electrons. The van der Waals surface area contributed by atoms with Crippen LogP contribution in [-0.4, -0.2) is 17.8 Å². The Morgan fingerprint density at radius 2 is 2.11 bits per heavy atom. The third kappa shape index (κ3) is 3.70. The molecule has 18 heavy (non-hydrogen) atoms. The maximum atomic E-state index is 9.47. The molecule has 0 bridgehead atoms. The van der Waals surface area contributed by atoms with Crippen LogP contribution in [0.4, 0.5) is 5.69 Å². The van der Waals surface area contributed by atoms with Crippen LogP contribution in [0.2, 0.25) is 0 Å². The first-order valence-electron chi connectivity index (χ1n) is 6.18. The van der Waals surface area contributed by atoms with Crippen molar-refractivity contribution in [2.45, 2.75) is 31.9 Å². The number of nitrogen functional groups attached to an aromatic ring is 1. The predicted molar refractivity (Wildman–Crippen MR) is 81.3 cm³/mol. The summed E-state index contributed by atoms with van der Waals surface area (Å²) in [5.74, 6) is 0.594. The Hall–Kier alpha value is -0.100. The van der Waals surface area contributed by atoms with Gasteiger partial charge in [0, 0.05) is 15.5 Å². The number of aliphatic hydroxyl groups is 1. The van der Waals surface area contributed by atoms with Gasteiger partial charge >= 0.3 is 0 Å². The molecule has 2 atom stereocenters. The Morgan fingerprint density at radius 3 is 2.78 bits per heavy atom. The zero-order chi connectivity index (χ0) is 13.1. The molecule has 2 rings (SSSR count). The van der Waals surface area contributed by atoms with E-state index in [9.17, 15) is 5.11 Å². The summed E-state index contributed by atoms with van der Waals surface area (Å²) in [6, 6.07) is 3.99. The predicted octanol–water partition coefficient (Wildman–Crippen LogP) is 3.04. The number of halogens is 2. The van der Waals surface area contributed by atoms with Crippen molar-refractivity contribution < 1.29 is 5.11 Å². The first-order valence-corrected chi connectivity index (χ1v) is 7.77. The highest BCUT2D eigenvalue weighted by Gasteiger charge is 2.22. The van der Waals surface area contributed by atoms with Crippen LogP contribution in [0.25, 0.3) is 0 Å². The molecule has 100 valence electrons. The molecule has 5 heteroatoms. The fourth-order valence-corrected chi connectivity index (χ4v) is 3.74. The van der Waals surface area contributed by atoms with Crippen LogP contribution in [0.1, 0.15) is 24.8 Å². The molecular weight excluding hydrogens is 360 g/mol. The van der Waals surface area contributed by atoms with Gasteiger partial charge in [0.2, 0.25) is 0 Å². The van der Waals surface area contributed by atoms with Crippen LogP contribution >= 0.6 is 31.9 Å². The topological polar surface area (TPSA) is 58.3 Å². The molecule has 4 N–H and O–H groups in total. The van der Waals surface area contributed by atoms with E-state index < -0.39 is 0 Å². The quantitative estimate of drug-likeness (QED) is 0.706. The maximum Gasteiger partial charge on any atom is 0.0543 e. The van der Waals surface area contributed by atoms with Gasteiger partial charge < -0.3 is 16.2 Å². The Labute approximate surface area is 124 Å². The largest absolute Gasteiger partial charge is 0.398 e. The van der Waals surface area contributed by atoms with E-state index in [-0.39, 0.29) is 6.10 Å². The lowest BCUT2D eigenvalue weighted by Gasteiger charge is -2.13. The third-order valence-corrected chi connectivity index (χ3v) is 4.56. The second-order valence-electron chi connectivity index (χ2n) is 4.92. The molecule has 1 aromatic carbocycles. The number of hydrogen-bond donors (Lipinski definition) is 3. The summed E-state index contributed by atoms with van der Waals surface area (Å²) in [6.45, 7) is 1.71. The summed E-state index contributed by atoms with van der Waals surface area (Å²) in [5.41, 5.74) is 7.90. The molecule has 3 nitrogen and oxygen atoms in total. The molecule has 1 fully saturated rings. The second kappa shape index (κ2) is 6.37. The highest BCUT2D eigenvalue weighted by molar-refractivity contribution is 9.11. The Bertz CT molecular complexity index is 426. The van der Waals surface area contributed by atoms with E-state index in [2.05, 4.69) is 37.2 Å². The van der Waals surface area contributed by atoms with Crippen molar-refractivity contribution in [1.29, 1.82) is 0 Å². The van der Waals surface area contributed by atoms with Crippen molar-refractivity contribution in [3.8, 4) is 0 Å². The Morgan fingerprint density at radius 1 is 1.33 bits per heavy atom. The number of benzene rings is 1. The Kier molecular flexibility index (Phi) is 5.06. The lowest BCUT2D eigenvalue weighted by Crippen LogP contribution is -2.22. The summed E-state index contributed by atoms with van der Waals surface area (Å²) < 4.78 is 1.95. The van der Waals surface area contributed by atoms with Crippen molar-refractivity contribution in [2.75, 3.05) is 12.3 Å². The van der Waals surface area contributed by atoms with Crippen molar-refractivity contribution in [1.82, 2.24) is 5.32 Å². The van der Waals surface area contributed by atoms with Crippen LogP contribution in [-0.2, 0) is 6.54 Å². The minimum Gasteiger partial charge on any atom is -0.398 e. The smallest absolute Gasteiger partial charge is 0.0543 e. The molecule has 1 aliphatic rings. The molecule has 1 saturated carbocycles. The van der Waals surface area contributed by atoms with Gasteiger partial charge in [-0.3, -0.25) is 0 Å². The molecule has 0 saturated heterocycles. The van der Waals surface area contributed by atoms with Gasteiger partial charge in [-0.05, 0) is 65.4 Å². The van der Waals surface area contributed by atoms with Crippen LogP contribution < -0.4 is 11.1 Å². The molecule has 1 aliphatic carbocycles. The normalized spacial score (nSPS) is 23.5. The SMILES string of the molecule is Nc1c(Br)cc(Br)cc1CNCC1CCC(O)C1.